The molecule has 0 N–H and O–H groups in total. The first-order valence-corrected chi connectivity index (χ1v) is 10.2. The number of ether oxygens (including phenoxy) is 4. The number of hydrogen-bond acceptors (Lipinski definition) is 7. The van der Waals surface area contributed by atoms with Crippen molar-refractivity contribution in [1.29, 1.82) is 5.26 Å². The zero-order valence-electron chi connectivity index (χ0n) is 17.2. The van der Waals surface area contributed by atoms with E-state index in [2.05, 4.69) is 16.1 Å². The van der Waals surface area contributed by atoms with E-state index in [1.807, 2.05) is 48.5 Å². The van der Waals surface area contributed by atoms with Gasteiger partial charge >= 0.3 is 0 Å². The Hall–Kier alpha value is -4.31. The van der Waals surface area contributed by atoms with Crippen molar-refractivity contribution < 1.29 is 18.9 Å². The van der Waals surface area contributed by atoms with Gasteiger partial charge in [0.2, 0.25) is 11.8 Å². The molecule has 0 amide bonds. The van der Waals surface area contributed by atoms with E-state index >= 15 is 0 Å². The molecule has 7 heteroatoms. The Bertz CT molecular complexity index is 1170. The maximum absolute atomic E-state index is 9.82. The van der Waals surface area contributed by atoms with Gasteiger partial charge in [-0.2, -0.15) is 5.26 Å². The van der Waals surface area contributed by atoms with Crippen molar-refractivity contribution in [1.82, 2.24) is 0 Å². The second kappa shape index (κ2) is 8.82. The molecule has 0 aromatic heterocycles. The Morgan fingerprint density at radius 1 is 0.719 bits per heavy atom. The van der Waals surface area contributed by atoms with E-state index in [0.29, 0.717) is 66.7 Å². The number of nitriles is 1. The topological polar surface area (TPSA) is 85.4 Å². The summed E-state index contributed by atoms with van der Waals surface area (Å²) in [6, 6.07) is 22.3. The average molecular weight is 425 g/mol. The third-order valence-electron chi connectivity index (χ3n) is 4.89. The number of rotatable bonds is 6. The molecule has 0 atom stereocenters. The van der Waals surface area contributed by atoms with Gasteiger partial charge in [0.05, 0.1) is 13.1 Å². The molecule has 0 unspecified atom stereocenters. The molecule has 3 aromatic rings. The van der Waals surface area contributed by atoms with Gasteiger partial charge in [-0.25, -0.2) is 9.98 Å². The second-order valence-electron chi connectivity index (χ2n) is 7.07. The van der Waals surface area contributed by atoms with Gasteiger partial charge in [0.15, 0.2) is 0 Å². The van der Waals surface area contributed by atoms with Crippen molar-refractivity contribution >= 4 is 11.8 Å². The second-order valence-corrected chi connectivity index (χ2v) is 7.07. The van der Waals surface area contributed by atoms with Gasteiger partial charge in [-0.15, -0.1) is 0 Å². The van der Waals surface area contributed by atoms with E-state index in [9.17, 15) is 5.26 Å². The summed E-state index contributed by atoms with van der Waals surface area (Å²) in [6.45, 7) is 2.47. The van der Waals surface area contributed by atoms with Crippen molar-refractivity contribution in [2.24, 2.45) is 9.98 Å². The van der Waals surface area contributed by atoms with Crippen molar-refractivity contribution in [2.75, 3.05) is 26.3 Å². The van der Waals surface area contributed by atoms with E-state index in [1.54, 1.807) is 18.2 Å². The lowest BCUT2D eigenvalue weighted by Gasteiger charge is -2.13. The lowest BCUT2D eigenvalue weighted by molar-refractivity contribution is 0.348. The molecule has 0 saturated carbocycles. The molecule has 2 aliphatic heterocycles. The SMILES string of the molecule is N#Cc1c(Oc2cccc(C3=NCCO3)c2)cccc1Oc1cccc(C2=NCCO2)c1. The highest BCUT2D eigenvalue weighted by Crippen LogP contribution is 2.34. The molecule has 0 bridgehead atoms. The predicted molar refractivity (Wildman–Crippen MR) is 119 cm³/mol. The van der Waals surface area contributed by atoms with Crippen molar-refractivity contribution in [2.45, 2.75) is 0 Å². The van der Waals surface area contributed by atoms with Crippen LogP contribution in [-0.2, 0) is 9.47 Å². The van der Waals surface area contributed by atoms with Crippen LogP contribution in [0.5, 0.6) is 23.0 Å². The molecule has 0 radical (unpaired) electrons. The Labute approximate surface area is 185 Å². The summed E-state index contributed by atoms with van der Waals surface area (Å²) in [7, 11) is 0. The Morgan fingerprint density at radius 3 is 1.66 bits per heavy atom. The van der Waals surface area contributed by atoms with E-state index in [0.717, 1.165) is 11.1 Å². The van der Waals surface area contributed by atoms with Crippen LogP contribution in [0, 0.1) is 11.3 Å². The van der Waals surface area contributed by atoms with Gasteiger partial charge in [-0.3, -0.25) is 0 Å². The Morgan fingerprint density at radius 2 is 1.22 bits per heavy atom. The molecule has 7 nitrogen and oxygen atoms in total. The smallest absolute Gasteiger partial charge is 0.216 e. The van der Waals surface area contributed by atoms with E-state index in [1.165, 1.54) is 0 Å². The highest BCUT2D eigenvalue weighted by Gasteiger charge is 2.16. The minimum absolute atomic E-state index is 0.298. The summed E-state index contributed by atoms with van der Waals surface area (Å²) in [4.78, 5) is 8.67. The van der Waals surface area contributed by atoms with Crippen LogP contribution in [0.2, 0.25) is 0 Å². The molecule has 3 aromatic carbocycles. The minimum Gasteiger partial charge on any atom is -0.476 e. The molecule has 0 fully saturated rings. The summed E-state index contributed by atoms with van der Waals surface area (Å²) < 4.78 is 23.1. The normalized spacial score (nSPS) is 14.6. The van der Waals surface area contributed by atoms with Crippen LogP contribution in [0.1, 0.15) is 16.7 Å². The van der Waals surface area contributed by atoms with Crippen LogP contribution in [0.15, 0.2) is 76.7 Å². The highest BCUT2D eigenvalue weighted by atomic mass is 16.5. The molecule has 0 saturated heterocycles. The molecule has 0 aliphatic carbocycles. The molecule has 2 aliphatic rings. The molecular weight excluding hydrogens is 406 g/mol. The first-order valence-electron chi connectivity index (χ1n) is 10.2. The van der Waals surface area contributed by atoms with Gasteiger partial charge in [-0.1, -0.05) is 18.2 Å². The number of hydrogen-bond donors (Lipinski definition) is 0. The summed E-state index contributed by atoms with van der Waals surface area (Å²) in [6.07, 6.45) is 0. The number of nitrogens with zero attached hydrogens (tertiary/aromatic N) is 3. The van der Waals surface area contributed by atoms with Gasteiger partial charge in [0.1, 0.15) is 47.8 Å². The summed E-state index contributed by atoms with van der Waals surface area (Å²) in [5.74, 6) is 3.15. The first kappa shape index (κ1) is 19.6. The molecule has 0 spiro atoms. The fraction of sp³-hybridized carbons (Fsp3) is 0.160. The van der Waals surface area contributed by atoms with Crippen LogP contribution in [0.3, 0.4) is 0 Å². The van der Waals surface area contributed by atoms with E-state index < -0.39 is 0 Å². The van der Waals surface area contributed by atoms with Gasteiger partial charge in [0.25, 0.3) is 0 Å². The monoisotopic (exact) mass is 425 g/mol. The van der Waals surface area contributed by atoms with Gasteiger partial charge in [-0.05, 0) is 48.5 Å². The molecule has 5 rings (SSSR count). The highest BCUT2D eigenvalue weighted by molar-refractivity contribution is 5.95. The maximum Gasteiger partial charge on any atom is 0.216 e. The molecule has 2 heterocycles. The first-order chi connectivity index (χ1) is 15.8. The number of aliphatic imine (C=N–C) groups is 2. The third kappa shape index (κ3) is 4.12. The molecule has 32 heavy (non-hydrogen) atoms. The standard InChI is InChI=1S/C25H19N3O4/c26-16-21-22(31-19-6-1-4-17(14-19)24-27-10-12-29-24)8-3-9-23(21)32-20-7-2-5-18(15-20)25-28-11-13-30-25/h1-9,14-15H,10-13H2. The lowest BCUT2D eigenvalue weighted by Crippen LogP contribution is -2.01. The van der Waals surface area contributed by atoms with Crippen LogP contribution < -0.4 is 9.47 Å². The maximum atomic E-state index is 9.82. The zero-order chi connectivity index (χ0) is 21.8. The Kier molecular flexibility index (Phi) is 5.41. The zero-order valence-corrected chi connectivity index (χ0v) is 17.2. The van der Waals surface area contributed by atoms with Crippen LogP contribution in [0.4, 0.5) is 0 Å². The van der Waals surface area contributed by atoms with Crippen molar-refractivity contribution in [3.63, 3.8) is 0 Å². The third-order valence-corrected chi connectivity index (χ3v) is 4.89. The van der Waals surface area contributed by atoms with Gasteiger partial charge in [0, 0.05) is 11.1 Å². The van der Waals surface area contributed by atoms with Crippen LogP contribution in [-0.4, -0.2) is 38.1 Å². The minimum atomic E-state index is 0.298. The molecule has 158 valence electrons. The van der Waals surface area contributed by atoms with Gasteiger partial charge < -0.3 is 18.9 Å². The van der Waals surface area contributed by atoms with Crippen molar-refractivity contribution in [3.05, 3.63) is 83.4 Å². The van der Waals surface area contributed by atoms with Crippen LogP contribution >= 0.6 is 0 Å². The summed E-state index contributed by atoms with van der Waals surface area (Å²) in [5.41, 5.74) is 1.96. The van der Waals surface area contributed by atoms with E-state index in [-0.39, 0.29) is 0 Å². The Balaban J connectivity index is 1.40. The summed E-state index contributed by atoms with van der Waals surface area (Å²) in [5, 5.41) is 9.82. The average Bonchev–Trinajstić information content (AvgIpc) is 3.54. The molecular formula is C25H19N3O4. The lowest BCUT2D eigenvalue weighted by atomic mass is 10.1. The number of benzene rings is 3. The predicted octanol–water partition coefficient (Wildman–Crippen LogP) is 4.70. The summed E-state index contributed by atoms with van der Waals surface area (Å²) >= 11 is 0. The largest absolute Gasteiger partial charge is 0.476 e. The van der Waals surface area contributed by atoms with E-state index in [4.69, 9.17) is 18.9 Å². The fourth-order valence-corrected chi connectivity index (χ4v) is 3.45. The van der Waals surface area contributed by atoms with Crippen LogP contribution in [0.25, 0.3) is 0 Å². The fourth-order valence-electron chi connectivity index (χ4n) is 3.45. The quantitative estimate of drug-likeness (QED) is 0.572. The van der Waals surface area contributed by atoms with Crippen molar-refractivity contribution in [3.8, 4) is 29.1 Å².